The SMILES string of the molecule is CCNC(=O)CC1N=C(c2ccc(Cl)cc2)c2cc(OCCCCC(=O)OCC)ccc2-n2c(C)nnc21. The minimum atomic E-state index is -0.534. The van der Waals surface area contributed by atoms with Crippen LogP contribution < -0.4 is 10.1 Å². The summed E-state index contributed by atoms with van der Waals surface area (Å²) in [5, 5.41) is 12.2. The Kier molecular flexibility index (Phi) is 9.12. The van der Waals surface area contributed by atoms with E-state index in [0.29, 0.717) is 60.7 Å². The molecular weight excluding hydrogens is 506 g/mol. The monoisotopic (exact) mass is 537 g/mol. The van der Waals surface area contributed by atoms with Crippen molar-refractivity contribution in [2.45, 2.75) is 52.5 Å². The predicted octanol–water partition coefficient (Wildman–Crippen LogP) is 4.76. The number of aromatic nitrogens is 3. The number of nitrogens with zero attached hydrogens (tertiary/aromatic N) is 4. The van der Waals surface area contributed by atoms with Gasteiger partial charge >= 0.3 is 5.97 Å². The molecule has 1 aromatic heterocycles. The Morgan fingerprint density at radius 3 is 2.61 bits per heavy atom. The first-order valence-corrected chi connectivity index (χ1v) is 13.2. The van der Waals surface area contributed by atoms with Crippen molar-refractivity contribution < 1.29 is 19.1 Å². The van der Waals surface area contributed by atoms with Crippen LogP contribution in [-0.2, 0) is 14.3 Å². The molecule has 9 nitrogen and oxygen atoms in total. The van der Waals surface area contributed by atoms with Gasteiger partial charge in [-0.1, -0.05) is 23.7 Å². The van der Waals surface area contributed by atoms with Crippen molar-refractivity contribution in [1.82, 2.24) is 20.1 Å². The molecule has 0 saturated heterocycles. The van der Waals surface area contributed by atoms with Crippen LogP contribution in [0.5, 0.6) is 5.75 Å². The van der Waals surface area contributed by atoms with Crippen LogP contribution in [-0.4, -0.2) is 52.1 Å². The molecule has 1 aliphatic rings. The van der Waals surface area contributed by atoms with Gasteiger partial charge in [-0.25, -0.2) is 0 Å². The lowest BCUT2D eigenvalue weighted by Gasteiger charge is -2.15. The summed E-state index contributed by atoms with van der Waals surface area (Å²) in [6.07, 6.45) is 1.92. The predicted molar refractivity (Wildman–Crippen MR) is 145 cm³/mol. The molecule has 0 radical (unpaired) electrons. The fourth-order valence-electron chi connectivity index (χ4n) is 4.38. The van der Waals surface area contributed by atoms with Gasteiger partial charge in [-0.05, 0) is 63.9 Å². The van der Waals surface area contributed by atoms with Gasteiger partial charge in [0.25, 0.3) is 0 Å². The van der Waals surface area contributed by atoms with Crippen molar-refractivity contribution in [1.29, 1.82) is 0 Å². The van der Waals surface area contributed by atoms with Gasteiger partial charge in [-0.2, -0.15) is 0 Å². The molecule has 2 aromatic carbocycles. The summed E-state index contributed by atoms with van der Waals surface area (Å²) in [6, 6.07) is 12.7. The van der Waals surface area contributed by atoms with Gasteiger partial charge < -0.3 is 14.8 Å². The third-order valence-corrected chi connectivity index (χ3v) is 6.37. The number of hydrogen-bond donors (Lipinski definition) is 1. The van der Waals surface area contributed by atoms with Crippen molar-refractivity contribution in [3.8, 4) is 11.4 Å². The Labute approximate surface area is 227 Å². The van der Waals surface area contributed by atoms with Gasteiger partial charge in [0.1, 0.15) is 17.6 Å². The lowest BCUT2D eigenvalue weighted by molar-refractivity contribution is -0.143. The summed E-state index contributed by atoms with van der Waals surface area (Å²) >= 11 is 6.17. The van der Waals surface area contributed by atoms with E-state index in [9.17, 15) is 9.59 Å². The number of amides is 1. The Bertz CT molecular complexity index is 1320. The van der Waals surface area contributed by atoms with Crippen molar-refractivity contribution >= 4 is 29.2 Å². The normalized spacial score (nSPS) is 14.1. The van der Waals surface area contributed by atoms with Crippen molar-refractivity contribution in [2.24, 2.45) is 4.99 Å². The average molecular weight is 538 g/mol. The first-order chi connectivity index (χ1) is 18.4. The number of carbonyl (C=O) groups is 2. The van der Waals surface area contributed by atoms with E-state index in [1.165, 1.54) is 0 Å². The number of hydrogen-bond acceptors (Lipinski definition) is 7. The maximum Gasteiger partial charge on any atom is 0.305 e. The number of aryl methyl sites for hydroxylation is 1. The van der Waals surface area contributed by atoms with E-state index < -0.39 is 6.04 Å². The smallest absolute Gasteiger partial charge is 0.305 e. The number of halogens is 1. The van der Waals surface area contributed by atoms with Gasteiger partial charge in [0, 0.05) is 29.1 Å². The molecule has 0 fully saturated rings. The molecular formula is C28H32ClN5O4. The van der Waals surface area contributed by atoms with E-state index in [1.807, 2.05) is 60.9 Å². The van der Waals surface area contributed by atoms with Crippen molar-refractivity contribution in [2.75, 3.05) is 19.8 Å². The average Bonchev–Trinajstić information content (AvgIpc) is 3.22. The molecule has 1 N–H and O–H groups in total. The summed E-state index contributed by atoms with van der Waals surface area (Å²) in [5.41, 5.74) is 3.26. The summed E-state index contributed by atoms with van der Waals surface area (Å²) in [6.45, 7) is 6.94. The maximum atomic E-state index is 12.6. The number of esters is 1. The first-order valence-electron chi connectivity index (χ1n) is 12.9. The van der Waals surface area contributed by atoms with Crippen LogP contribution in [0.4, 0.5) is 0 Å². The first kappa shape index (κ1) is 27.3. The molecule has 3 aromatic rings. The number of benzene rings is 2. The third kappa shape index (κ3) is 6.39. The Hall–Kier alpha value is -3.72. The van der Waals surface area contributed by atoms with Crippen LogP contribution in [0.1, 0.15) is 68.3 Å². The van der Waals surface area contributed by atoms with Crippen LogP contribution >= 0.6 is 11.6 Å². The zero-order valence-corrected chi connectivity index (χ0v) is 22.6. The minimum Gasteiger partial charge on any atom is -0.494 e. The molecule has 0 spiro atoms. The fraction of sp³-hybridized carbons (Fsp3) is 0.393. The Balaban J connectivity index is 1.68. The van der Waals surface area contributed by atoms with E-state index in [4.69, 9.17) is 26.1 Å². The quantitative estimate of drug-likeness (QED) is 0.279. The summed E-state index contributed by atoms with van der Waals surface area (Å²) in [4.78, 5) is 29.2. The number of ether oxygens (including phenoxy) is 2. The second-order valence-corrected chi connectivity index (χ2v) is 9.32. The number of carbonyl (C=O) groups excluding carboxylic acids is 2. The fourth-order valence-corrected chi connectivity index (χ4v) is 4.51. The van der Waals surface area contributed by atoms with Crippen LogP contribution in [0.25, 0.3) is 5.69 Å². The number of nitrogens with one attached hydrogen (secondary N) is 1. The molecule has 0 aliphatic carbocycles. The number of rotatable bonds is 11. The van der Waals surface area contributed by atoms with Gasteiger partial charge in [-0.15, -0.1) is 10.2 Å². The van der Waals surface area contributed by atoms with Gasteiger partial charge in [0.2, 0.25) is 5.91 Å². The number of unbranched alkanes of at least 4 members (excludes halogenated alkanes) is 1. The number of aliphatic imine (C=N–C) groups is 1. The van der Waals surface area contributed by atoms with E-state index in [1.54, 1.807) is 6.92 Å². The second kappa shape index (κ2) is 12.7. The van der Waals surface area contributed by atoms with E-state index in [2.05, 4.69) is 15.5 Å². The Morgan fingerprint density at radius 2 is 1.87 bits per heavy atom. The molecule has 1 aliphatic heterocycles. The molecule has 1 atom stereocenters. The minimum absolute atomic E-state index is 0.110. The molecule has 1 amide bonds. The highest BCUT2D eigenvalue weighted by Gasteiger charge is 2.30. The maximum absolute atomic E-state index is 12.6. The highest BCUT2D eigenvalue weighted by molar-refractivity contribution is 6.30. The Morgan fingerprint density at radius 1 is 1.08 bits per heavy atom. The summed E-state index contributed by atoms with van der Waals surface area (Å²) in [7, 11) is 0. The van der Waals surface area contributed by atoms with Crippen LogP contribution in [0, 0.1) is 6.92 Å². The van der Waals surface area contributed by atoms with Crippen LogP contribution in [0.2, 0.25) is 5.02 Å². The lowest BCUT2D eigenvalue weighted by atomic mass is 10.00. The highest BCUT2D eigenvalue weighted by atomic mass is 35.5. The summed E-state index contributed by atoms with van der Waals surface area (Å²) < 4.78 is 13.0. The lowest BCUT2D eigenvalue weighted by Crippen LogP contribution is -2.25. The molecule has 4 rings (SSSR count). The highest BCUT2D eigenvalue weighted by Crippen LogP contribution is 2.34. The molecule has 200 valence electrons. The second-order valence-electron chi connectivity index (χ2n) is 8.89. The molecule has 2 heterocycles. The third-order valence-electron chi connectivity index (χ3n) is 6.12. The molecule has 0 bridgehead atoms. The molecule has 0 saturated carbocycles. The van der Waals surface area contributed by atoms with Crippen molar-refractivity contribution in [3.63, 3.8) is 0 Å². The zero-order chi connectivity index (χ0) is 27.1. The van der Waals surface area contributed by atoms with E-state index >= 15 is 0 Å². The van der Waals surface area contributed by atoms with Gasteiger partial charge in [0.05, 0.1) is 31.0 Å². The van der Waals surface area contributed by atoms with Crippen LogP contribution in [0.15, 0.2) is 47.5 Å². The number of fused-ring (bicyclic) bond motifs is 3. The molecule has 10 heteroatoms. The largest absolute Gasteiger partial charge is 0.494 e. The van der Waals surface area contributed by atoms with E-state index in [-0.39, 0.29) is 18.3 Å². The van der Waals surface area contributed by atoms with Crippen molar-refractivity contribution in [3.05, 3.63) is 70.3 Å². The molecule has 1 unspecified atom stereocenters. The van der Waals surface area contributed by atoms with E-state index in [0.717, 1.165) is 23.2 Å². The van der Waals surface area contributed by atoms with Gasteiger partial charge in [-0.3, -0.25) is 19.1 Å². The zero-order valence-electron chi connectivity index (χ0n) is 21.9. The topological polar surface area (TPSA) is 108 Å². The molecule has 38 heavy (non-hydrogen) atoms. The standard InChI is InChI=1S/C28H32ClN5O4/c1-4-30-25(35)17-23-28-33-32-18(3)34(28)24-14-13-21(38-15-7-6-8-26(36)37-5-2)16-22(24)27(31-23)19-9-11-20(29)12-10-19/h9-14,16,23H,4-8,15,17H2,1-3H3,(H,30,35). The summed E-state index contributed by atoms with van der Waals surface area (Å²) in [5.74, 6) is 1.68. The van der Waals surface area contributed by atoms with Crippen LogP contribution in [0.3, 0.4) is 0 Å². The van der Waals surface area contributed by atoms with Gasteiger partial charge in [0.15, 0.2) is 5.82 Å².